The Morgan fingerprint density at radius 3 is 2.43 bits per heavy atom. The molecule has 5 heteroatoms. The first-order valence-corrected chi connectivity index (χ1v) is 4.34. The van der Waals surface area contributed by atoms with E-state index in [1.165, 1.54) is 11.0 Å². The molecule has 14 heavy (non-hydrogen) atoms. The molecule has 1 aliphatic heterocycles. The molecule has 0 N–H and O–H groups in total. The van der Waals surface area contributed by atoms with Crippen LogP contribution in [-0.4, -0.2) is 35.4 Å². The zero-order valence-electron chi connectivity index (χ0n) is 8.50. The normalized spacial score (nSPS) is 19.5. The van der Waals surface area contributed by atoms with Crippen molar-refractivity contribution >= 4 is 6.09 Å². The lowest BCUT2D eigenvalue weighted by Gasteiger charge is -2.40. The molecular weight excluding hydrogens is 187 g/mol. The maximum atomic E-state index is 13.1. The molecule has 1 saturated heterocycles. The zero-order chi connectivity index (χ0) is 11.0. The average molecular weight is 200 g/mol. The number of carbonyl (C=O) groups is 1. The quantitative estimate of drug-likeness (QED) is 0.595. The second-order valence-corrected chi connectivity index (χ2v) is 4.41. The first-order valence-electron chi connectivity index (χ1n) is 4.34. The Balaban J connectivity index is 2.42. The SMILES string of the molecule is CC(C)(C)OC(=O)N1CC(F)(C#N)C1. The minimum absolute atomic E-state index is 0.196. The molecule has 0 aliphatic carbocycles. The van der Waals surface area contributed by atoms with Crippen molar-refractivity contribution in [2.24, 2.45) is 0 Å². The van der Waals surface area contributed by atoms with Crippen molar-refractivity contribution in [2.45, 2.75) is 32.0 Å². The highest BCUT2D eigenvalue weighted by molar-refractivity contribution is 5.70. The van der Waals surface area contributed by atoms with E-state index in [1.807, 2.05) is 0 Å². The maximum Gasteiger partial charge on any atom is 0.410 e. The van der Waals surface area contributed by atoms with Crippen molar-refractivity contribution in [3.8, 4) is 6.07 Å². The molecule has 1 fully saturated rings. The molecule has 0 atom stereocenters. The highest BCUT2D eigenvalue weighted by Crippen LogP contribution is 2.26. The summed E-state index contributed by atoms with van der Waals surface area (Å²) in [5.41, 5.74) is -2.46. The Labute approximate surface area is 82.2 Å². The first-order chi connectivity index (χ1) is 6.26. The molecule has 0 aromatic rings. The van der Waals surface area contributed by atoms with E-state index in [1.54, 1.807) is 20.8 Å². The van der Waals surface area contributed by atoms with Gasteiger partial charge in [-0.15, -0.1) is 0 Å². The second kappa shape index (κ2) is 3.12. The van der Waals surface area contributed by atoms with Gasteiger partial charge in [-0.05, 0) is 20.8 Å². The van der Waals surface area contributed by atoms with E-state index in [-0.39, 0.29) is 13.1 Å². The average Bonchev–Trinajstić information content (AvgIpc) is 1.95. The fourth-order valence-electron chi connectivity index (χ4n) is 1.09. The molecule has 78 valence electrons. The van der Waals surface area contributed by atoms with Crippen LogP contribution < -0.4 is 0 Å². The molecule has 1 heterocycles. The molecule has 0 saturated carbocycles. The second-order valence-electron chi connectivity index (χ2n) is 4.41. The van der Waals surface area contributed by atoms with Gasteiger partial charge in [0.2, 0.25) is 5.67 Å². The smallest absolute Gasteiger partial charge is 0.410 e. The van der Waals surface area contributed by atoms with E-state index in [0.717, 1.165) is 0 Å². The highest BCUT2D eigenvalue weighted by atomic mass is 19.1. The molecule has 0 aromatic heterocycles. The molecule has 0 radical (unpaired) electrons. The summed E-state index contributed by atoms with van der Waals surface area (Å²) in [5, 5.41) is 8.37. The van der Waals surface area contributed by atoms with Gasteiger partial charge in [-0.1, -0.05) is 0 Å². The topological polar surface area (TPSA) is 53.3 Å². The largest absolute Gasteiger partial charge is 0.444 e. The van der Waals surface area contributed by atoms with Gasteiger partial charge in [0.25, 0.3) is 0 Å². The highest BCUT2D eigenvalue weighted by Gasteiger charge is 2.47. The standard InChI is InChI=1S/C9H13FN2O2/c1-8(2,3)14-7(13)12-5-9(10,4-11)6-12/h5-6H2,1-3H3. The Morgan fingerprint density at radius 2 is 2.07 bits per heavy atom. The van der Waals surface area contributed by atoms with Crippen LogP contribution in [0.4, 0.5) is 9.18 Å². The third kappa shape index (κ3) is 2.34. The predicted octanol–water partition coefficient (Wildman–Crippen LogP) is 1.47. The fraction of sp³-hybridized carbons (Fsp3) is 0.778. The lowest BCUT2D eigenvalue weighted by atomic mass is 9.99. The minimum Gasteiger partial charge on any atom is -0.444 e. The van der Waals surface area contributed by atoms with Crippen molar-refractivity contribution < 1.29 is 13.9 Å². The van der Waals surface area contributed by atoms with Gasteiger partial charge in [0.15, 0.2) is 0 Å². The van der Waals surface area contributed by atoms with Crippen LogP contribution in [0.1, 0.15) is 20.8 Å². The predicted molar refractivity (Wildman–Crippen MR) is 47.3 cm³/mol. The van der Waals surface area contributed by atoms with E-state index in [4.69, 9.17) is 10.00 Å². The number of amides is 1. The maximum absolute atomic E-state index is 13.1. The van der Waals surface area contributed by atoms with Crippen molar-refractivity contribution in [3.05, 3.63) is 0 Å². The van der Waals surface area contributed by atoms with Gasteiger partial charge in [-0.25, -0.2) is 9.18 Å². The van der Waals surface area contributed by atoms with Crippen LogP contribution in [0.15, 0.2) is 0 Å². The van der Waals surface area contributed by atoms with E-state index in [0.29, 0.717) is 0 Å². The fourth-order valence-corrected chi connectivity index (χ4v) is 1.09. The number of ether oxygens (including phenoxy) is 1. The van der Waals surface area contributed by atoms with Crippen molar-refractivity contribution in [2.75, 3.05) is 13.1 Å². The summed E-state index contributed by atoms with van der Waals surface area (Å²) < 4.78 is 18.1. The molecule has 0 bridgehead atoms. The number of hydrogen-bond donors (Lipinski definition) is 0. The van der Waals surface area contributed by atoms with Crippen LogP contribution in [0.5, 0.6) is 0 Å². The number of halogens is 1. The third-order valence-corrected chi connectivity index (χ3v) is 1.74. The monoisotopic (exact) mass is 200 g/mol. The lowest BCUT2D eigenvalue weighted by molar-refractivity contribution is -0.0277. The number of nitrogens with zero attached hydrogens (tertiary/aromatic N) is 2. The van der Waals surface area contributed by atoms with Gasteiger partial charge in [0, 0.05) is 0 Å². The number of likely N-dealkylation sites (tertiary alicyclic amines) is 1. The van der Waals surface area contributed by atoms with Gasteiger partial charge in [0.05, 0.1) is 13.1 Å². The van der Waals surface area contributed by atoms with Crippen LogP contribution in [0, 0.1) is 11.3 Å². The van der Waals surface area contributed by atoms with Crippen LogP contribution in [0.2, 0.25) is 0 Å². The molecule has 0 spiro atoms. The summed E-state index contributed by atoms with van der Waals surface area (Å²) in [4.78, 5) is 12.4. The van der Waals surface area contributed by atoms with Crippen molar-refractivity contribution in [3.63, 3.8) is 0 Å². The number of carbonyl (C=O) groups excluding carboxylic acids is 1. The summed E-state index contributed by atoms with van der Waals surface area (Å²) in [6.07, 6.45) is -0.568. The molecule has 1 amide bonds. The molecule has 4 nitrogen and oxygen atoms in total. The Morgan fingerprint density at radius 1 is 1.57 bits per heavy atom. The van der Waals surface area contributed by atoms with Gasteiger partial charge < -0.3 is 4.74 Å². The van der Waals surface area contributed by atoms with E-state index < -0.39 is 17.4 Å². The van der Waals surface area contributed by atoms with E-state index >= 15 is 0 Å². The van der Waals surface area contributed by atoms with Gasteiger partial charge in [0.1, 0.15) is 11.7 Å². The Kier molecular flexibility index (Phi) is 2.40. The van der Waals surface area contributed by atoms with Crippen LogP contribution in [0.3, 0.4) is 0 Å². The third-order valence-electron chi connectivity index (χ3n) is 1.74. The van der Waals surface area contributed by atoms with Gasteiger partial charge >= 0.3 is 6.09 Å². The van der Waals surface area contributed by atoms with Crippen LogP contribution in [0.25, 0.3) is 0 Å². The van der Waals surface area contributed by atoms with Gasteiger partial charge in [-0.2, -0.15) is 5.26 Å². The molecule has 0 aromatic carbocycles. The van der Waals surface area contributed by atoms with E-state index in [2.05, 4.69) is 0 Å². The molecule has 1 rings (SSSR count). The summed E-state index contributed by atoms with van der Waals surface area (Å²) in [7, 11) is 0. The Hall–Kier alpha value is -1.31. The molecular formula is C9H13FN2O2. The molecule has 1 aliphatic rings. The van der Waals surface area contributed by atoms with Gasteiger partial charge in [-0.3, -0.25) is 4.90 Å². The Bertz CT molecular complexity index is 284. The molecule has 0 unspecified atom stereocenters. The number of alkyl halides is 1. The lowest BCUT2D eigenvalue weighted by Crippen LogP contribution is -2.60. The van der Waals surface area contributed by atoms with Crippen LogP contribution >= 0.6 is 0 Å². The number of rotatable bonds is 0. The van der Waals surface area contributed by atoms with Crippen molar-refractivity contribution in [1.29, 1.82) is 5.26 Å². The number of nitriles is 1. The summed E-state index contributed by atoms with van der Waals surface area (Å²) >= 11 is 0. The van der Waals surface area contributed by atoms with Crippen molar-refractivity contribution in [1.82, 2.24) is 4.90 Å². The minimum atomic E-state index is -1.88. The summed E-state index contributed by atoms with van der Waals surface area (Å²) in [6.45, 7) is 4.81. The van der Waals surface area contributed by atoms with E-state index in [9.17, 15) is 9.18 Å². The summed E-state index contributed by atoms with van der Waals surface area (Å²) in [6, 6.07) is 1.51. The van der Waals surface area contributed by atoms with Crippen LogP contribution in [-0.2, 0) is 4.74 Å². The number of hydrogen-bond acceptors (Lipinski definition) is 3. The summed E-state index contributed by atoms with van der Waals surface area (Å²) in [5.74, 6) is 0. The first kappa shape index (κ1) is 10.8. The zero-order valence-corrected chi connectivity index (χ0v) is 8.50.